The van der Waals surface area contributed by atoms with Gasteiger partial charge in [-0.2, -0.15) is 0 Å². The average molecular weight is 304 g/mol. The molecule has 1 radical (unpaired) electrons. The van der Waals surface area contributed by atoms with Crippen LogP contribution in [0.25, 0.3) is 0 Å². The van der Waals surface area contributed by atoms with Gasteiger partial charge in [0.05, 0.1) is 6.10 Å². The largest absolute Gasteiger partial charge is 0.390 e. The molecular formula is C11H19O4Y-. The van der Waals surface area contributed by atoms with Crippen molar-refractivity contribution in [1.82, 2.24) is 0 Å². The molecule has 3 aliphatic rings. The summed E-state index contributed by atoms with van der Waals surface area (Å²) < 4.78 is 10.9. The number of aliphatic hydroxyl groups is 2. The van der Waals surface area contributed by atoms with Crippen molar-refractivity contribution in [3.05, 3.63) is 6.92 Å². The molecule has 0 aromatic heterocycles. The summed E-state index contributed by atoms with van der Waals surface area (Å²) in [4.78, 5) is 0. The molecule has 0 aromatic carbocycles. The van der Waals surface area contributed by atoms with Gasteiger partial charge < -0.3 is 26.6 Å². The third-order valence-corrected chi connectivity index (χ3v) is 3.32. The summed E-state index contributed by atoms with van der Waals surface area (Å²) in [5.41, 5.74) is 0. The average Bonchev–Trinajstić information content (AvgIpc) is 2.23. The molecule has 16 heavy (non-hydrogen) atoms. The van der Waals surface area contributed by atoms with E-state index in [-0.39, 0.29) is 44.7 Å². The summed E-state index contributed by atoms with van der Waals surface area (Å²) in [6.45, 7) is 4.44. The fourth-order valence-electron chi connectivity index (χ4n) is 2.34. The predicted octanol–water partition coefficient (Wildman–Crippen LogP) is 0.471. The molecule has 0 aromatic rings. The van der Waals surface area contributed by atoms with Crippen LogP contribution < -0.4 is 0 Å². The normalized spacial score (nSPS) is 44.8. The minimum absolute atomic E-state index is 0. The summed E-state index contributed by atoms with van der Waals surface area (Å²) in [7, 11) is 0. The molecule has 91 valence electrons. The van der Waals surface area contributed by atoms with Crippen LogP contribution in [0.3, 0.4) is 0 Å². The van der Waals surface area contributed by atoms with Gasteiger partial charge >= 0.3 is 0 Å². The second kappa shape index (κ2) is 6.76. The van der Waals surface area contributed by atoms with E-state index < -0.39 is 18.5 Å². The van der Waals surface area contributed by atoms with Crippen LogP contribution in [0.4, 0.5) is 0 Å². The van der Waals surface area contributed by atoms with E-state index in [1.54, 1.807) is 0 Å². The Morgan fingerprint density at radius 3 is 2.56 bits per heavy atom. The molecule has 2 N–H and O–H groups in total. The van der Waals surface area contributed by atoms with Gasteiger partial charge in [0.2, 0.25) is 0 Å². The Morgan fingerprint density at radius 2 is 1.81 bits per heavy atom. The number of hydrogen-bond donors (Lipinski definition) is 2. The Bertz CT molecular complexity index is 212. The number of fused-ring (bicyclic) bond motifs is 7. The van der Waals surface area contributed by atoms with Gasteiger partial charge in [0, 0.05) is 39.3 Å². The van der Waals surface area contributed by atoms with E-state index in [1.165, 1.54) is 0 Å². The number of aliphatic hydroxyl groups excluding tert-OH is 2. The van der Waals surface area contributed by atoms with Gasteiger partial charge in [-0.25, -0.2) is 0 Å². The maximum Gasteiger partial charge on any atom is 0.183 e. The second-order valence-electron chi connectivity index (χ2n) is 4.41. The molecule has 2 bridgehead atoms. The number of ether oxygens (including phenoxy) is 2. The van der Waals surface area contributed by atoms with Crippen molar-refractivity contribution in [3.63, 3.8) is 0 Å². The molecule has 3 rings (SSSR count). The van der Waals surface area contributed by atoms with E-state index in [2.05, 4.69) is 6.92 Å². The van der Waals surface area contributed by atoms with Gasteiger partial charge in [0.15, 0.2) is 6.29 Å². The molecule has 0 saturated carbocycles. The topological polar surface area (TPSA) is 58.9 Å². The van der Waals surface area contributed by atoms with Crippen LogP contribution in [0.2, 0.25) is 0 Å². The van der Waals surface area contributed by atoms with Crippen LogP contribution in [0.15, 0.2) is 0 Å². The zero-order valence-electron chi connectivity index (χ0n) is 9.42. The monoisotopic (exact) mass is 304 g/mol. The Balaban J connectivity index is 0.00000128. The van der Waals surface area contributed by atoms with Crippen molar-refractivity contribution in [2.75, 3.05) is 6.61 Å². The summed E-state index contributed by atoms with van der Waals surface area (Å²) in [6.07, 6.45) is 1.26. The minimum atomic E-state index is -0.939. The van der Waals surface area contributed by atoms with Crippen molar-refractivity contribution in [1.29, 1.82) is 0 Å². The third kappa shape index (κ3) is 3.24. The first-order valence-electron chi connectivity index (χ1n) is 5.66. The summed E-state index contributed by atoms with van der Waals surface area (Å²) in [5, 5.41) is 19.7. The van der Waals surface area contributed by atoms with Crippen molar-refractivity contribution in [3.8, 4) is 0 Å². The quantitative estimate of drug-likeness (QED) is 0.639. The van der Waals surface area contributed by atoms with Crippen molar-refractivity contribution < 1.29 is 52.4 Å². The number of hydrogen-bond acceptors (Lipinski definition) is 4. The van der Waals surface area contributed by atoms with Crippen LogP contribution in [0, 0.1) is 12.8 Å². The SMILES string of the molecule is [CH2-]C1O[C@@H]2OCCCCCC1[C@H](O)C2O.[Y]. The molecule has 0 amide bonds. The van der Waals surface area contributed by atoms with Gasteiger partial charge in [-0.3, -0.25) is 0 Å². The Labute approximate surface area is 122 Å². The van der Waals surface area contributed by atoms with E-state index in [0.717, 1.165) is 25.7 Å². The Hall–Kier alpha value is 0.944. The summed E-state index contributed by atoms with van der Waals surface area (Å²) in [5.74, 6) is -0.0713. The van der Waals surface area contributed by atoms with Crippen molar-refractivity contribution >= 4 is 0 Å². The first-order chi connectivity index (χ1) is 7.20. The third-order valence-electron chi connectivity index (χ3n) is 3.32. The van der Waals surface area contributed by atoms with E-state index in [1.807, 2.05) is 0 Å². The van der Waals surface area contributed by atoms with Crippen LogP contribution in [0.1, 0.15) is 25.7 Å². The smallest absolute Gasteiger partial charge is 0.183 e. The molecule has 3 fully saturated rings. The molecule has 3 heterocycles. The molecule has 0 spiro atoms. The maximum absolute atomic E-state index is 9.91. The molecule has 0 aliphatic carbocycles. The van der Waals surface area contributed by atoms with Crippen LogP contribution in [0.5, 0.6) is 0 Å². The molecule has 5 atom stereocenters. The molecule has 4 nitrogen and oxygen atoms in total. The predicted molar refractivity (Wildman–Crippen MR) is 53.9 cm³/mol. The number of rotatable bonds is 0. The van der Waals surface area contributed by atoms with Crippen LogP contribution in [-0.4, -0.2) is 41.4 Å². The Kier molecular flexibility index (Phi) is 6.34. The minimum Gasteiger partial charge on any atom is -0.390 e. The second-order valence-corrected chi connectivity index (χ2v) is 4.41. The zero-order chi connectivity index (χ0) is 10.8. The van der Waals surface area contributed by atoms with Gasteiger partial charge in [0.25, 0.3) is 0 Å². The van der Waals surface area contributed by atoms with Crippen molar-refractivity contribution in [2.24, 2.45) is 5.92 Å². The van der Waals surface area contributed by atoms with E-state index >= 15 is 0 Å². The Morgan fingerprint density at radius 1 is 1.06 bits per heavy atom. The van der Waals surface area contributed by atoms with Gasteiger partial charge in [0.1, 0.15) is 6.10 Å². The fraction of sp³-hybridized carbons (Fsp3) is 0.909. The molecule has 3 unspecified atom stereocenters. The maximum atomic E-state index is 9.91. The van der Waals surface area contributed by atoms with Crippen LogP contribution >= 0.6 is 0 Å². The van der Waals surface area contributed by atoms with E-state index in [4.69, 9.17) is 9.47 Å². The van der Waals surface area contributed by atoms with Gasteiger partial charge in [-0.15, -0.1) is 0 Å². The first kappa shape index (κ1) is 15.0. The van der Waals surface area contributed by atoms with Crippen LogP contribution in [-0.2, 0) is 42.2 Å². The molecule has 3 saturated heterocycles. The zero-order valence-corrected chi connectivity index (χ0v) is 12.3. The van der Waals surface area contributed by atoms with E-state index in [9.17, 15) is 10.2 Å². The molecule has 3 aliphatic heterocycles. The van der Waals surface area contributed by atoms with Gasteiger partial charge in [-0.05, 0) is 18.8 Å². The summed E-state index contributed by atoms with van der Waals surface area (Å²) >= 11 is 0. The summed E-state index contributed by atoms with van der Waals surface area (Å²) in [6, 6.07) is 0. The first-order valence-corrected chi connectivity index (χ1v) is 5.66. The van der Waals surface area contributed by atoms with E-state index in [0.29, 0.717) is 6.61 Å². The molecular weight excluding hydrogens is 285 g/mol. The molecule has 5 heteroatoms. The van der Waals surface area contributed by atoms with Gasteiger partial charge in [-0.1, -0.05) is 18.9 Å². The standard InChI is InChI=1S/C11H19O4.Y/c1-7-8-5-3-2-4-6-14-11(15-7)10(13)9(8)12;/h7-13H,1-6H2;/q-1;/t7?,8?,9-,10?,11-;/m0./s1. The van der Waals surface area contributed by atoms with Crippen molar-refractivity contribution in [2.45, 2.75) is 50.3 Å². The fourth-order valence-corrected chi connectivity index (χ4v) is 2.34.